The lowest BCUT2D eigenvalue weighted by Gasteiger charge is -2.15. The Bertz CT molecular complexity index is 823. The van der Waals surface area contributed by atoms with E-state index in [1.165, 1.54) is 89.9 Å². The minimum Gasteiger partial charge on any atom is -0.462 e. The van der Waals surface area contributed by atoms with Crippen LogP contribution in [0.3, 0.4) is 0 Å². The van der Waals surface area contributed by atoms with Gasteiger partial charge in [-0.3, -0.25) is 9.59 Å². The highest BCUT2D eigenvalue weighted by molar-refractivity contribution is 5.70. The van der Waals surface area contributed by atoms with Gasteiger partial charge in [-0.2, -0.15) is 0 Å². The third-order valence-electron chi connectivity index (χ3n) is 7.83. The van der Waals surface area contributed by atoms with Crippen molar-refractivity contribution in [2.45, 2.75) is 174 Å². The van der Waals surface area contributed by atoms with E-state index >= 15 is 0 Å². The molecule has 0 aromatic rings. The fraction of sp³-hybridized carbons (Fsp3) is 0.707. The molecular formula is C41H70O5. The summed E-state index contributed by atoms with van der Waals surface area (Å²) in [7, 11) is 0. The molecule has 0 saturated heterocycles. The smallest absolute Gasteiger partial charge is 0.306 e. The first kappa shape index (κ1) is 43.6. The molecule has 0 aliphatic carbocycles. The molecule has 0 heterocycles. The van der Waals surface area contributed by atoms with E-state index in [0.29, 0.717) is 12.8 Å². The van der Waals surface area contributed by atoms with E-state index in [0.717, 1.165) is 44.9 Å². The van der Waals surface area contributed by atoms with Crippen LogP contribution < -0.4 is 0 Å². The van der Waals surface area contributed by atoms with Crippen LogP contribution in [0.4, 0.5) is 0 Å². The molecule has 0 aliphatic rings. The molecule has 5 nitrogen and oxygen atoms in total. The summed E-state index contributed by atoms with van der Waals surface area (Å²) in [6.07, 6.45) is 47.1. The Labute approximate surface area is 283 Å². The Morgan fingerprint density at radius 3 is 1.39 bits per heavy atom. The second-order valence-corrected chi connectivity index (χ2v) is 12.3. The highest BCUT2D eigenvalue weighted by atomic mass is 16.6. The molecule has 0 saturated carbocycles. The van der Waals surface area contributed by atoms with Crippen LogP contribution in [-0.4, -0.2) is 36.4 Å². The van der Waals surface area contributed by atoms with E-state index in [9.17, 15) is 14.7 Å². The van der Waals surface area contributed by atoms with Gasteiger partial charge in [-0.25, -0.2) is 0 Å². The Balaban J connectivity index is 3.72. The zero-order chi connectivity index (χ0) is 33.6. The van der Waals surface area contributed by atoms with E-state index in [1.807, 2.05) is 12.2 Å². The third kappa shape index (κ3) is 34.5. The van der Waals surface area contributed by atoms with Gasteiger partial charge >= 0.3 is 11.9 Å². The molecule has 0 aromatic carbocycles. The van der Waals surface area contributed by atoms with Crippen LogP contribution in [0.25, 0.3) is 0 Å². The summed E-state index contributed by atoms with van der Waals surface area (Å²) in [4.78, 5) is 24.2. The molecule has 0 aliphatic heterocycles. The number of unbranched alkanes of at least 4 members (excludes halogenated alkanes) is 15. The van der Waals surface area contributed by atoms with Gasteiger partial charge in [0.2, 0.25) is 0 Å². The fourth-order valence-electron chi connectivity index (χ4n) is 4.95. The predicted molar refractivity (Wildman–Crippen MR) is 196 cm³/mol. The van der Waals surface area contributed by atoms with Crippen LogP contribution in [0.15, 0.2) is 60.8 Å². The maximum absolute atomic E-state index is 12.1. The molecule has 0 aromatic heterocycles. The Morgan fingerprint density at radius 1 is 0.500 bits per heavy atom. The van der Waals surface area contributed by atoms with Crippen molar-refractivity contribution < 1.29 is 24.2 Å². The average Bonchev–Trinajstić information content (AvgIpc) is 3.06. The lowest BCUT2D eigenvalue weighted by atomic mass is 10.0. The monoisotopic (exact) mass is 643 g/mol. The lowest BCUT2D eigenvalue weighted by molar-refractivity contribution is -0.161. The number of hydrogen-bond donors (Lipinski definition) is 1. The highest BCUT2D eigenvalue weighted by Crippen LogP contribution is 2.13. The second-order valence-electron chi connectivity index (χ2n) is 12.3. The number of allylic oxidation sites excluding steroid dienone is 10. The summed E-state index contributed by atoms with van der Waals surface area (Å²) >= 11 is 0. The van der Waals surface area contributed by atoms with Gasteiger partial charge in [0.1, 0.15) is 6.61 Å². The number of aliphatic hydroxyl groups excluding tert-OH is 1. The standard InChI is InChI=1S/C41H70O5/c1-3-5-7-9-11-13-15-17-18-19-20-21-22-24-26-28-30-32-34-36-41(44)46-39(37-42)38-45-40(43)35-33-31-29-27-25-23-16-14-12-10-8-6-4-2/h11,13,17-18,20-21,24,26,30,32,39,42H,3-10,12,14-16,19,22-23,25,27-29,31,33-38H2,1-2H3/b13-11-,18-17-,21-20-,26-24-,32-30-/t39-/m0/s1. The molecule has 46 heavy (non-hydrogen) atoms. The number of aliphatic hydroxyl groups is 1. The van der Waals surface area contributed by atoms with Crippen molar-refractivity contribution in [3.63, 3.8) is 0 Å². The van der Waals surface area contributed by atoms with Crippen LogP contribution in [-0.2, 0) is 19.1 Å². The van der Waals surface area contributed by atoms with E-state index in [2.05, 4.69) is 62.5 Å². The molecule has 0 fully saturated rings. The number of rotatable bonds is 33. The summed E-state index contributed by atoms with van der Waals surface area (Å²) in [6, 6.07) is 0. The molecule has 264 valence electrons. The van der Waals surface area contributed by atoms with Gasteiger partial charge in [0, 0.05) is 12.8 Å². The van der Waals surface area contributed by atoms with Crippen molar-refractivity contribution in [1.82, 2.24) is 0 Å². The number of ether oxygens (including phenoxy) is 2. The number of esters is 2. The average molecular weight is 643 g/mol. The Morgan fingerprint density at radius 2 is 0.913 bits per heavy atom. The Kier molecular flexibility index (Phi) is 35.1. The maximum Gasteiger partial charge on any atom is 0.306 e. The first-order chi connectivity index (χ1) is 22.6. The van der Waals surface area contributed by atoms with Crippen molar-refractivity contribution in [3.05, 3.63) is 60.8 Å². The normalized spacial score (nSPS) is 12.8. The minimum absolute atomic E-state index is 0.0958. The van der Waals surface area contributed by atoms with Crippen LogP contribution in [0.5, 0.6) is 0 Å². The van der Waals surface area contributed by atoms with Crippen LogP contribution in [0.1, 0.15) is 168 Å². The highest BCUT2D eigenvalue weighted by Gasteiger charge is 2.15. The summed E-state index contributed by atoms with van der Waals surface area (Å²) in [5.41, 5.74) is 0. The SMILES string of the molecule is CCCCC/C=C\C/C=C\C/C=C\C/C=C\C/C=C\CCC(=O)O[C@@H](CO)COC(=O)CCCCCCCCCCCCCCC. The molecule has 0 unspecified atom stereocenters. The van der Waals surface area contributed by atoms with Crippen molar-refractivity contribution >= 4 is 11.9 Å². The van der Waals surface area contributed by atoms with Gasteiger partial charge in [-0.15, -0.1) is 0 Å². The Hall–Kier alpha value is -2.40. The summed E-state index contributed by atoms with van der Waals surface area (Å²) in [5, 5.41) is 9.52. The van der Waals surface area contributed by atoms with E-state index < -0.39 is 12.1 Å². The summed E-state index contributed by atoms with van der Waals surface area (Å²) in [5.74, 6) is -0.689. The predicted octanol–water partition coefficient (Wildman–Crippen LogP) is 11.6. The van der Waals surface area contributed by atoms with Crippen molar-refractivity contribution in [3.8, 4) is 0 Å². The molecule has 5 heteroatoms. The van der Waals surface area contributed by atoms with Gasteiger partial charge in [0.25, 0.3) is 0 Å². The molecular weight excluding hydrogens is 572 g/mol. The number of carbonyl (C=O) groups excluding carboxylic acids is 2. The second kappa shape index (κ2) is 37.1. The zero-order valence-electron chi connectivity index (χ0n) is 29.8. The summed E-state index contributed by atoms with van der Waals surface area (Å²) < 4.78 is 10.5. The van der Waals surface area contributed by atoms with E-state index in [-0.39, 0.29) is 25.6 Å². The molecule has 0 bridgehead atoms. The van der Waals surface area contributed by atoms with E-state index in [1.54, 1.807) is 0 Å². The molecule has 0 amide bonds. The van der Waals surface area contributed by atoms with Crippen LogP contribution >= 0.6 is 0 Å². The van der Waals surface area contributed by atoms with E-state index in [4.69, 9.17) is 9.47 Å². The van der Waals surface area contributed by atoms with Gasteiger partial charge in [0.05, 0.1) is 6.61 Å². The minimum atomic E-state index is -0.810. The lowest BCUT2D eigenvalue weighted by Crippen LogP contribution is -2.28. The van der Waals surface area contributed by atoms with Gasteiger partial charge in [-0.05, 0) is 51.4 Å². The molecule has 1 N–H and O–H groups in total. The number of hydrogen-bond acceptors (Lipinski definition) is 5. The van der Waals surface area contributed by atoms with Crippen molar-refractivity contribution in [2.24, 2.45) is 0 Å². The van der Waals surface area contributed by atoms with Gasteiger partial charge in [-0.1, -0.05) is 164 Å². The first-order valence-electron chi connectivity index (χ1n) is 18.8. The molecule has 0 radical (unpaired) electrons. The topological polar surface area (TPSA) is 72.8 Å². The number of carbonyl (C=O) groups is 2. The quantitative estimate of drug-likeness (QED) is 0.0438. The molecule has 1 atom stereocenters. The maximum atomic E-state index is 12.1. The van der Waals surface area contributed by atoms with Gasteiger partial charge < -0.3 is 14.6 Å². The zero-order valence-corrected chi connectivity index (χ0v) is 29.8. The van der Waals surface area contributed by atoms with Crippen LogP contribution in [0.2, 0.25) is 0 Å². The summed E-state index contributed by atoms with van der Waals surface area (Å²) in [6.45, 7) is 4.03. The van der Waals surface area contributed by atoms with Gasteiger partial charge in [0.15, 0.2) is 6.10 Å². The van der Waals surface area contributed by atoms with Crippen LogP contribution in [0, 0.1) is 0 Å². The largest absolute Gasteiger partial charge is 0.462 e. The van der Waals surface area contributed by atoms with Crippen molar-refractivity contribution in [1.29, 1.82) is 0 Å². The first-order valence-corrected chi connectivity index (χ1v) is 18.8. The fourth-order valence-corrected chi connectivity index (χ4v) is 4.95. The third-order valence-corrected chi connectivity index (χ3v) is 7.83. The molecule has 0 rings (SSSR count). The molecule has 0 spiro atoms. The van der Waals surface area contributed by atoms with Crippen molar-refractivity contribution in [2.75, 3.05) is 13.2 Å².